The molecule has 2 heterocycles. The van der Waals surface area contributed by atoms with E-state index in [9.17, 15) is 8.42 Å². The van der Waals surface area contributed by atoms with E-state index >= 15 is 0 Å². The van der Waals surface area contributed by atoms with Gasteiger partial charge >= 0.3 is 0 Å². The highest BCUT2D eigenvalue weighted by Crippen LogP contribution is 2.33. The number of methoxy groups -OCH3 is 1. The van der Waals surface area contributed by atoms with Gasteiger partial charge in [-0.05, 0) is 32.7 Å². The first-order chi connectivity index (χ1) is 9.50. The standard InChI is InChI=1S/C13H23N3O3S/c1-4-16-13(12(19-3)8-15-16)11(14-2)7-10-5-6-20(17,18)9-10/h8,10-11,14H,4-7,9H2,1-3H3. The van der Waals surface area contributed by atoms with Crippen molar-refractivity contribution in [3.63, 3.8) is 0 Å². The molecule has 1 aliphatic heterocycles. The number of sulfone groups is 1. The van der Waals surface area contributed by atoms with E-state index in [2.05, 4.69) is 10.4 Å². The monoisotopic (exact) mass is 301 g/mol. The predicted octanol–water partition coefficient (Wildman–Crippen LogP) is 0.997. The van der Waals surface area contributed by atoms with Crippen LogP contribution in [0.4, 0.5) is 0 Å². The first-order valence-electron chi connectivity index (χ1n) is 6.98. The van der Waals surface area contributed by atoms with Crippen molar-refractivity contribution in [3.8, 4) is 5.75 Å². The molecule has 2 unspecified atom stereocenters. The molecule has 2 rings (SSSR count). The number of nitrogens with one attached hydrogen (secondary N) is 1. The molecule has 0 aromatic carbocycles. The second-order valence-electron chi connectivity index (χ2n) is 5.26. The van der Waals surface area contributed by atoms with Crippen LogP contribution in [0.25, 0.3) is 0 Å². The molecule has 1 aromatic rings. The Morgan fingerprint density at radius 2 is 2.35 bits per heavy atom. The third-order valence-corrected chi connectivity index (χ3v) is 5.78. The van der Waals surface area contributed by atoms with Gasteiger partial charge in [0.15, 0.2) is 15.6 Å². The minimum atomic E-state index is -2.83. The number of rotatable bonds is 6. The van der Waals surface area contributed by atoms with Crippen LogP contribution in [-0.2, 0) is 16.4 Å². The smallest absolute Gasteiger partial charge is 0.161 e. The maximum absolute atomic E-state index is 11.6. The van der Waals surface area contributed by atoms with E-state index in [-0.39, 0.29) is 12.0 Å². The summed E-state index contributed by atoms with van der Waals surface area (Å²) in [4.78, 5) is 0. The highest BCUT2D eigenvalue weighted by atomic mass is 32.2. The Bertz CT molecular complexity index is 532. The minimum Gasteiger partial charge on any atom is -0.493 e. The molecule has 1 aliphatic rings. The van der Waals surface area contributed by atoms with Gasteiger partial charge in [-0.25, -0.2) is 8.42 Å². The summed E-state index contributed by atoms with van der Waals surface area (Å²) in [5.74, 6) is 1.58. The van der Waals surface area contributed by atoms with Gasteiger partial charge in [0.05, 0.1) is 36.5 Å². The Labute approximate surface area is 120 Å². The molecular formula is C13H23N3O3S. The molecule has 114 valence electrons. The van der Waals surface area contributed by atoms with E-state index in [1.807, 2.05) is 18.7 Å². The third-order valence-electron chi connectivity index (χ3n) is 3.94. The van der Waals surface area contributed by atoms with Crippen molar-refractivity contribution in [2.24, 2.45) is 5.92 Å². The van der Waals surface area contributed by atoms with Crippen molar-refractivity contribution in [1.29, 1.82) is 0 Å². The van der Waals surface area contributed by atoms with E-state index in [1.54, 1.807) is 13.3 Å². The van der Waals surface area contributed by atoms with E-state index in [4.69, 9.17) is 4.74 Å². The molecule has 0 amide bonds. The molecule has 0 aliphatic carbocycles. The van der Waals surface area contributed by atoms with Crippen molar-refractivity contribution >= 4 is 9.84 Å². The number of hydrogen-bond acceptors (Lipinski definition) is 5. The maximum atomic E-state index is 11.6. The Hall–Kier alpha value is -1.08. The summed E-state index contributed by atoms with van der Waals surface area (Å²) >= 11 is 0. The summed E-state index contributed by atoms with van der Waals surface area (Å²) in [5, 5.41) is 7.58. The molecule has 1 fully saturated rings. The van der Waals surface area contributed by atoms with Crippen LogP contribution in [0, 0.1) is 5.92 Å². The molecule has 6 nitrogen and oxygen atoms in total. The fourth-order valence-electron chi connectivity index (χ4n) is 2.90. The zero-order valence-corrected chi connectivity index (χ0v) is 13.1. The van der Waals surface area contributed by atoms with Gasteiger partial charge in [0.2, 0.25) is 0 Å². The first-order valence-corrected chi connectivity index (χ1v) is 8.80. The molecule has 0 spiro atoms. The molecule has 1 saturated heterocycles. The summed E-state index contributed by atoms with van der Waals surface area (Å²) in [6, 6.07) is 0.0608. The van der Waals surface area contributed by atoms with E-state index in [0.29, 0.717) is 11.5 Å². The summed E-state index contributed by atoms with van der Waals surface area (Å²) in [6.45, 7) is 2.79. The molecule has 1 aromatic heterocycles. The van der Waals surface area contributed by atoms with E-state index in [0.717, 1.165) is 30.8 Å². The van der Waals surface area contributed by atoms with Crippen LogP contribution in [0.5, 0.6) is 5.75 Å². The number of hydrogen-bond donors (Lipinski definition) is 1. The largest absolute Gasteiger partial charge is 0.493 e. The number of aryl methyl sites for hydroxylation is 1. The van der Waals surface area contributed by atoms with E-state index < -0.39 is 9.84 Å². The maximum Gasteiger partial charge on any atom is 0.161 e. The van der Waals surface area contributed by atoms with Gasteiger partial charge in [0, 0.05) is 6.54 Å². The van der Waals surface area contributed by atoms with Gasteiger partial charge in [-0.1, -0.05) is 0 Å². The zero-order valence-electron chi connectivity index (χ0n) is 12.3. The Balaban J connectivity index is 2.18. The van der Waals surface area contributed by atoms with Crippen molar-refractivity contribution in [1.82, 2.24) is 15.1 Å². The first kappa shape index (κ1) is 15.3. The van der Waals surface area contributed by atoms with Gasteiger partial charge in [-0.3, -0.25) is 4.68 Å². The van der Waals surface area contributed by atoms with Crippen molar-refractivity contribution in [2.45, 2.75) is 32.4 Å². The lowest BCUT2D eigenvalue weighted by atomic mass is 9.97. The number of aromatic nitrogens is 2. The molecule has 0 saturated carbocycles. The highest BCUT2D eigenvalue weighted by molar-refractivity contribution is 7.91. The second-order valence-corrected chi connectivity index (χ2v) is 7.49. The Morgan fingerprint density at radius 1 is 1.60 bits per heavy atom. The average molecular weight is 301 g/mol. The van der Waals surface area contributed by atoms with Crippen LogP contribution in [0.2, 0.25) is 0 Å². The second kappa shape index (κ2) is 6.13. The molecule has 1 N–H and O–H groups in total. The van der Waals surface area contributed by atoms with Crippen molar-refractivity contribution < 1.29 is 13.2 Å². The minimum absolute atomic E-state index is 0.0608. The summed E-state index contributed by atoms with van der Waals surface area (Å²) < 4.78 is 30.4. The van der Waals surface area contributed by atoms with Gasteiger partial charge in [0.1, 0.15) is 0 Å². The van der Waals surface area contributed by atoms with Crippen LogP contribution in [0.3, 0.4) is 0 Å². The predicted molar refractivity (Wildman–Crippen MR) is 77.6 cm³/mol. The van der Waals surface area contributed by atoms with Gasteiger partial charge in [-0.15, -0.1) is 0 Å². The molecule has 2 atom stereocenters. The van der Waals surface area contributed by atoms with Gasteiger partial charge < -0.3 is 10.1 Å². The number of ether oxygens (including phenoxy) is 1. The fourth-order valence-corrected chi connectivity index (χ4v) is 4.78. The fraction of sp³-hybridized carbons (Fsp3) is 0.769. The Kier molecular flexibility index (Phi) is 4.70. The van der Waals surface area contributed by atoms with Crippen LogP contribution >= 0.6 is 0 Å². The quantitative estimate of drug-likeness (QED) is 0.848. The van der Waals surface area contributed by atoms with E-state index in [1.165, 1.54) is 0 Å². The lowest BCUT2D eigenvalue weighted by Crippen LogP contribution is -2.24. The van der Waals surface area contributed by atoms with Crippen LogP contribution in [0.1, 0.15) is 31.5 Å². The normalized spacial score (nSPS) is 22.9. The third kappa shape index (κ3) is 3.15. The van der Waals surface area contributed by atoms with Crippen LogP contribution < -0.4 is 10.1 Å². The molecular weight excluding hydrogens is 278 g/mol. The van der Waals surface area contributed by atoms with Crippen molar-refractivity contribution in [2.75, 3.05) is 25.7 Å². The zero-order chi connectivity index (χ0) is 14.8. The van der Waals surface area contributed by atoms with Gasteiger partial charge in [0.25, 0.3) is 0 Å². The summed E-state index contributed by atoms with van der Waals surface area (Å²) in [7, 11) is 0.691. The highest BCUT2D eigenvalue weighted by Gasteiger charge is 2.31. The lowest BCUT2D eigenvalue weighted by molar-refractivity contribution is 0.372. The summed E-state index contributed by atoms with van der Waals surface area (Å²) in [5.41, 5.74) is 1.00. The SMILES string of the molecule is CCn1ncc(OC)c1C(CC1CCS(=O)(=O)C1)NC. The van der Waals surface area contributed by atoms with Crippen LogP contribution in [0.15, 0.2) is 6.20 Å². The molecule has 0 bridgehead atoms. The topological polar surface area (TPSA) is 73.2 Å². The lowest BCUT2D eigenvalue weighted by Gasteiger charge is -2.21. The molecule has 7 heteroatoms. The summed E-state index contributed by atoms with van der Waals surface area (Å²) in [6.07, 6.45) is 3.26. The number of nitrogens with zero attached hydrogens (tertiary/aromatic N) is 2. The molecule has 0 radical (unpaired) electrons. The Morgan fingerprint density at radius 3 is 2.85 bits per heavy atom. The van der Waals surface area contributed by atoms with Gasteiger partial charge in [-0.2, -0.15) is 5.10 Å². The molecule has 20 heavy (non-hydrogen) atoms. The van der Waals surface area contributed by atoms with Crippen LogP contribution in [-0.4, -0.2) is 43.9 Å². The average Bonchev–Trinajstić information content (AvgIpc) is 2.98. The van der Waals surface area contributed by atoms with Crippen molar-refractivity contribution in [3.05, 3.63) is 11.9 Å².